The minimum absolute atomic E-state index is 0.0372. The molecule has 0 saturated carbocycles. The second-order valence-corrected chi connectivity index (χ2v) is 11.3. The third kappa shape index (κ3) is 6.82. The zero-order chi connectivity index (χ0) is 29.6. The van der Waals surface area contributed by atoms with Gasteiger partial charge in [-0.1, -0.05) is 48.5 Å². The summed E-state index contributed by atoms with van der Waals surface area (Å²) in [6.07, 6.45) is 1.77. The molecule has 0 unspecified atom stereocenters. The Morgan fingerprint density at radius 3 is 2.45 bits per heavy atom. The molecule has 1 saturated heterocycles. The number of thioether (sulfide) groups is 1. The van der Waals surface area contributed by atoms with Crippen molar-refractivity contribution >= 4 is 63.2 Å². The van der Waals surface area contributed by atoms with Crippen LogP contribution in [0.3, 0.4) is 0 Å². The van der Waals surface area contributed by atoms with Crippen molar-refractivity contribution in [1.82, 2.24) is 4.90 Å². The molecule has 4 aromatic rings. The highest BCUT2D eigenvalue weighted by Crippen LogP contribution is 2.39. The number of hydrogen-bond acceptors (Lipinski definition) is 6. The first-order valence-electron chi connectivity index (χ1n) is 12.7. The third-order valence-corrected chi connectivity index (χ3v) is 8.10. The van der Waals surface area contributed by atoms with E-state index in [9.17, 15) is 19.1 Å². The van der Waals surface area contributed by atoms with E-state index in [1.165, 1.54) is 37.1 Å². The van der Waals surface area contributed by atoms with Crippen LogP contribution < -0.4 is 9.47 Å². The van der Waals surface area contributed by atoms with Crippen LogP contribution in [0.1, 0.15) is 27.0 Å². The van der Waals surface area contributed by atoms with Crippen LogP contribution in [0.2, 0.25) is 0 Å². The molecule has 0 aliphatic carbocycles. The summed E-state index contributed by atoms with van der Waals surface area (Å²) in [4.78, 5) is 31.7. The largest absolute Gasteiger partial charge is 0.493 e. The lowest BCUT2D eigenvalue weighted by molar-refractivity contribution is -0.122. The van der Waals surface area contributed by atoms with Crippen molar-refractivity contribution in [3.63, 3.8) is 0 Å². The first-order valence-corrected chi connectivity index (χ1v) is 14.6. The molecule has 1 heterocycles. The van der Waals surface area contributed by atoms with Gasteiger partial charge < -0.3 is 14.6 Å². The minimum atomic E-state index is -1.01. The number of halogens is 2. The number of ether oxygens (including phenoxy) is 2. The van der Waals surface area contributed by atoms with Crippen LogP contribution in [0.25, 0.3) is 6.08 Å². The molecule has 1 aliphatic heterocycles. The Labute approximate surface area is 259 Å². The molecule has 1 N–H and O–H groups in total. The molecule has 10 heteroatoms. The van der Waals surface area contributed by atoms with Crippen LogP contribution >= 0.6 is 34.4 Å². The molecule has 212 valence electrons. The number of benzene rings is 4. The number of aromatic carboxylic acids is 1. The predicted molar refractivity (Wildman–Crippen MR) is 169 cm³/mol. The molecule has 5 rings (SSSR count). The Morgan fingerprint density at radius 1 is 1.05 bits per heavy atom. The van der Waals surface area contributed by atoms with Gasteiger partial charge in [-0.2, -0.15) is 0 Å². The van der Waals surface area contributed by atoms with Gasteiger partial charge in [0.25, 0.3) is 5.91 Å². The summed E-state index contributed by atoms with van der Waals surface area (Å²) in [5.74, 6) is -0.661. The summed E-state index contributed by atoms with van der Waals surface area (Å²) in [6, 6.07) is 25.8. The number of aliphatic imine (C=N–C) groups is 1. The normalized spacial score (nSPS) is 14.9. The Hall–Kier alpha value is -4.16. The van der Waals surface area contributed by atoms with E-state index in [0.717, 1.165) is 14.7 Å². The van der Waals surface area contributed by atoms with Crippen molar-refractivity contribution in [2.75, 3.05) is 7.11 Å². The number of rotatable bonds is 9. The predicted octanol–water partition coefficient (Wildman–Crippen LogP) is 7.52. The minimum Gasteiger partial charge on any atom is -0.493 e. The standard InChI is InChI=1S/C32H24FIN2O5S/c1-40-27-16-21(15-26(34)29(27)41-19-23-7-5-6-10-25(23)33)17-28-30(37)36(18-20-11-13-22(14-12-20)31(38)39)32(42-28)35-24-8-3-2-4-9-24/h2-17H,18-19H2,1H3,(H,38,39)/b28-17-,35-32?. The number of carbonyl (C=O) groups is 2. The first kappa shape index (κ1) is 29.3. The smallest absolute Gasteiger partial charge is 0.335 e. The maximum absolute atomic E-state index is 14.1. The molecular weight excluding hydrogens is 670 g/mol. The van der Waals surface area contributed by atoms with Gasteiger partial charge in [-0.25, -0.2) is 14.2 Å². The van der Waals surface area contributed by atoms with Crippen LogP contribution in [0, 0.1) is 9.39 Å². The third-order valence-electron chi connectivity index (χ3n) is 6.29. The monoisotopic (exact) mass is 694 g/mol. The van der Waals surface area contributed by atoms with Crippen molar-refractivity contribution in [1.29, 1.82) is 0 Å². The molecule has 7 nitrogen and oxygen atoms in total. The molecule has 0 radical (unpaired) electrons. The number of carboxylic acid groups (broad SMARTS) is 1. The highest BCUT2D eigenvalue weighted by molar-refractivity contribution is 14.1. The first-order chi connectivity index (χ1) is 20.3. The molecule has 1 amide bonds. The summed E-state index contributed by atoms with van der Waals surface area (Å²) < 4.78 is 26.4. The van der Waals surface area contributed by atoms with E-state index in [4.69, 9.17) is 14.5 Å². The highest BCUT2D eigenvalue weighted by atomic mass is 127. The van der Waals surface area contributed by atoms with Gasteiger partial charge in [0, 0.05) is 5.56 Å². The van der Waals surface area contributed by atoms with Gasteiger partial charge in [0.2, 0.25) is 0 Å². The fourth-order valence-electron chi connectivity index (χ4n) is 4.16. The fourth-order valence-corrected chi connectivity index (χ4v) is 5.94. The van der Waals surface area contributed by atoms with Crippen molar-refractivity contribution < 1.29 is 28.6 Å². The maximum atomic E-state index is 14.1. The van der Waals surface area contributed by atoms with Crippen molar-refractivity contribution in [3.05, 3.63) is 128 Å². The summed E-state index contributed by atoms with van der Waals surface area (Å²) in [7, 11) is 1.52. The van der Waals surface area contributed by atoms with Gasteiger partial charge in [-0.15, -0.1) is 0 Å². The van der Waals surface area contributed by atoms with Crippen LogP contribution in [0.4, 0.5) is 10.1 Å². The van der Waals surface area contributed by atoms with Crippen LogP contribution in [0.15, 0.2) is 101 Å². The summed E-state index contributed by atoms with van der Waals surface area (Å²) in [5.41, 5.74) is 2.79. The van der Waals surface area contributed by atoms with Gasteiger partial charge >= 0.3 is 5.97 Å². The topological polar surface area (TPSA) is 88.4 Å². The molecule has 4 aromatic carbocycles. The van der Waals surface area contributed by atoms with Gasteiger partial charge in [0.1, 0.15) is 12.4 Å². The van der Waals surface area contributed by atoms with E-state index < -0.39 is 5.97 Å². The van der Waals surface area contributed by atoms with Crippen molar-refractivity contribution in [2.24, 2.45) is 4.99 Å². The molecule has 1 aliphatic rings. The van der Waals surface area contributed by atoms with Gasteiger partial charge in [-0.3, -0.25) is 9.69 Å². The number of amides is 1. The van der Waals surface area contributed by atoms with Crippen LogP contribution in [-0.2, 0) is 17.9 Å². The Balaban J connectivity index is 1.44. The molecule has 1 fully saturated rings. The summed E-state index contributed by atoms with van der Waals surface area (Å²) >= 11 is 3.38. The number of para-hydroxylation sites is 1. The molecular formula is C32H24FIN2O5S. The molecule has 42 heavy (non-hydrogen) atoms. The molecule has 0 atom stereocenters. The molecule has 0 bridgehead atoms. The number of methoxy groups -OCH3 is 1. The number of nitrogens with zero attached hydrogens (tertiary/aromatic N) is 2. The second kappa shape index (κ2) is 13.2. The number of hydrogen-bond donors (Lipinski definition) is 1. The number of amidine groups is 1. The van der Waals surface area contributed by atoms with E-state index in [2.05, 4.69) is 22.6 Å². The lowest BCUT2D eigenvalue weighted by Crippen LogP contribution is -2.28. The van der Waals surface area contributed by atoms with Gasteiger partial charge in [0.05, 0.1) is 33.4 Å². The van der Waals surface area contributed by atoms with Gasteiger partial charge in [0.15, 0.2) is 16.7 Å². The summed E-state index contributed by atoms with van der Waals surface area (Å²) in [5, 5.41) is 9.73. The van der Waals surface area contributed by atoms with E-state index >= 15 is 0 Å². The molecule has 0 aromatic heterocycles. The molecule has 0 spiro atoms. The summed E-state index contributed by atoms with van der Waals surface area (Å²) in [6.45, 7) is 0.258. The van der Waals surface area contributed by atoms with E-state index in [0.29, 0.717) is 32.8 Å². The quantitative estimate of drug-likeness (QED) is 0.144. The average molecular weight is 695 g/mol. The lowest BCUT2D eigenvalue weighted by atomic mass is 10.1. The van der Waals surface area contributed by atoms with E-state index in [1.54, 1.807) is 47.4 Å². The zero-order valence-corrected chi connectivity index (χ0v) is 25.3. The number of carbonyl (C=O) groups excluding carboxylic acids is 1. The van der Waals surface area contributed by atoms with Crippen molar-refractivity contribution in [2.45, 2.75) is 13.2 Å². The van der Waals surface area contributed by atoms with E-state index in [-0.39, 0.29) is 30.4 Å². The maximum Gasteiger partial charge on any atom is 0.335 e. The van der Waals surface area contributed by atoms with Crippen LogP contribution in [-0.4, -0.2) is 34.2 Å². The second-order valence-electron chi connectivity index (χ2n) is 9.15. The van der Waals surface area contributed by atoms with E-state index in [1.807, 2.05) is 36.4 Å². The average Bonchev–Trinajstić information content (AvgIpc) is 3.26. The fraction of sp³-hybridized carbons (Fsp3) is 0.0938. The Bertz CT molecular complexity index is 1690. The lowest BCUT2D eigenvalue weighted by Gasteiger charge is -2.16. The zero-order valence-electron chi connectivity index (χ0n) is 22.3. The SMILES string of the molecule is COc1cc(/C=C2\SC(=Nc3ccccc3)N(Cc3ccc(C(=O)O)cc3)C2=O)cc(I)c1OCc1ccccc1F. The Morgan fingerprint density at radius 2 is 1.76 bits per heavy atom. The Kier molecular flexibility index (Phi) is 9.23. The van der Waals surface area contributed by atoms with Gasteiger partial charge in [-0.05, 0) is 94.0 Å². The van der Waals surface area contributed by atoms with Crippen molar-refractivity contribution in [3.8, 4) is 11.5 Å². The van der Waals surface area contributed by atoms with Crippen LogP contribution in [0.5, 0.6) is 11.5 Å². The highest BCUT2D eigenvalue weighted by Gasteiger charge is 2.33. The number of carboxylic acids is 1.